The molecule has 0 N–H and O–H groups in total. The minimum absolute atomic E-state index is 0.144. The summed E-state index contributed by atoms with van der Waals surface area (Å²) in [6.07, 6.45) is 0. The zero-order chi connectivity index (χ0) is 20.4. The van der Waals surface area contributed by atoms with E-state index in [2.05, 4.69) is 15.4 Å². The number of carbonyl (C=O) groups is 1. The first-order valence-corrected chi connectivity index (χ1v) is 9.27. The van der Waals surface area contributed by atoms with Gasteiger partial charge in [-0.3, -0.25) is 4.79 Å². The molecule has 1 amide bonds. The minimum Gasteiger partial charge on any atom is -0.419 e. The molecule has 0 unspecified atom stereocenters. The lowest BCUT2D eigenvalue weighted by Crippen LogP contribution is -2.27. The number of carbonyl (C=O) groups excluding carboxylic acids is 1. The third-order valence-electron chi connectivity index (χ3n) is 4.41. The van der Waals surface area contributed by atoms with Crippen molar-refractivity contribution in [2.45, 2.75) is 13.5 Å². The van der Waals surface area contributed by atoms with Gasteiger partial charge in [-0.25, -0.2) is 0 Å². The number of amides is 1. The van der Waals surface area contributed by atoms with Crippen LogP contribution < -0.4 is 0 Å². The van der Waals surface area contributed by atoms with Crippen LogP contribution in [0.4, 0.5) is 0 Å². The quantitative estimate of drug-likeness (QED) is 0.478. The van der Waals surface area contributed by atoms with Crippen LogP contribution in [0, 0.1) is 6.92 Å². The summed E-state index contributed by atoms with van der Waals surface area (Å²) >= 11 is 6.28. The maximum atomic E-state index is 13.1. The number of halogens is 1. The molecule has 0 aliphatic rings. The van der Waals surface area contributed by atoms with Crippen molar-refractivity contribution in [1.29, 1.82) is 0 Å². The highest BCUT2D eigenvalue weighted by atomic mass is 35.5. The van der Waals surface area contributed by atoms with Gasteiger partial charge in [-0.15, -0.1) is 10.2 Å². The second kappa shape index (κ2) is 7.89. The molecule has 8 heteroatoms. The Kier molecular flexibility index (Phi) is 5.14. The lowest BCUT2D eigenvalue weighted by atomic mass is 10.1. The molecule has 0 radical (unpaired) electrons. The lowest BCUT2D eigenvalue weighted by molar-refractivity contribution is 0.0772. The summed E-state index contributed by atoms with van der Waals surface area (Å²) in [5.74, 6) is 0.859. The van der Waals surface area contributed by atoms with Crippen molar-refractivity contribution < 1.29 is 13.7 Å². The normalized spacial score (nSPS) is 10.9. The summed E-state index contributed by atoms with van der Waals surface area (Å²) in [4.78, 5) is 14.6. The van der Waals surface area contributed by atoms with Gasteiger partial charge >= 0.3 is 0 Å². The Morgan fingerprint density at radius 3 is 2.55 bits per heavy atom. The first-order valence-electron chi connectivity index (χ1n) is 8.89. The van der Waals surface area contributed by atoms with Crippen LogP contribution in [-0.2, 0) is 6.54 Å². The molecule has 146 valence electrons. The number of aromatic nitrogens is 3. The molecule has 0 saturated heterocycles. The lowest BCUT2D eigenvalue weighted by Gasteiger charge is -2.15. The number of hydrogen-bond donors (Lipinski definition) is 0. The predicted molar refractivity (Wildman–Crippen MR) is 107 cm³/mol. The van der Waals surface area contributed by atoms with Crippen molar-refractivity contribution >= 4 is 17.5 Å². The van der Waals surface area contributed by atoms with Gasteiger partial charge in [-0.2, -0.15) is 0 Å². The third-order valence-corrected chi connectivity index (χ3v) is 4.74. The van der Waals surface area contributed by atoms with Crippen LogP contribution in [0.2, 0.25) is 5.02 Å². The molecule has 0 aliphatic heterocycles. The Balaban J connectivity index is 1.58. The molecule has 2 heterocycles. The number of rotatable bonds is 5. The summed E-state index contributed by atoms with van der Waals surface area (Å²) in [7, 11) is 1.65. The van der Waals surface area contributed by atoms with Gasteiger partial charge in [-0.05, 0) is 25.1 Å². The molecule has 0 bridgehead atoms. The standard InChI is InChI=1S/C21H17ClN4O3/c1-13-18(19(25-29-13)15-10-6-7-11-16(15)22)21(27)26(2)12-17-23-24-20(28-17)14-8-4-3-5-9-14/h3-11H,12H2,1-2H3. The summed E-state index contributed by atoms with van der Waals surface area (Å²) < 4.78 is 11.0. The average molecular weight is 409 g/mol. The van der Waals surface area contributed by atoms with E-state index >= 15 is 0 Å². The monoisotopic (exact) mass is 408 g/mol. The van der Waals surface area contributed by atoms with Gasteiger partial charge in [-0.1, -0.05) is 53.2 Å². The summed E-state index contributed by atoms with van der Waals surface area (Å²) in [5.41, 5.74) is 2.20. The third kappa shape index (κ3) is 3.77. The predicted octanol–water partition coefficient (Wildman–Crippen LogP) is 4.63. The van der Waals surface area contributed by atoms with E-state index in [1.54, 1.807) is 26.1 Å². The highest BCUT2D eigenvalue weighted by molar-refractivity contribution is 6.33. The molecule has 0 spiro atoms. The molecule has 4 rings (SSSR count). The molecule has 4 aromatic rings. The van der Waals surface area contributed by atoms with Crippen LogP contribution in [0.15, 0.2) is 63.5 Å². The SMILES string of the molecule is Cc1onc(-c2ccccc2Cl)c1C(=O)N(C)Cc1nnc(-c2ccccc2)o1. The van der Waals surface area contributed by atoms with E-state index < -0.39 is 0 Å². The van der Waals surface area contributed by atoms with Crippen LogP contribution in [0.3, 0.4) is 0 Å². The molecule has 7 nitrogen and oxygen atoms in total. The molecule has 0 fully saturated rings. The number of nitrogens with zero attached hydrogens (tertiary/aromatic N) is 4. The first kappa shape index (κ1) is 18.9. The van der Waals surface area contributed by atoms with E-state index in [1.807, 2.05) is 42.5 Å². The van der Waals surface area contributed by atoms with Crippen LogP contribution in [-0.4, -0.2) is 33.2 Å². The molecule has 0 atom stereocenters. The van der Waals surface area contributed by atoms with E-state index in [0.29, 0.717) is 39.4 Å². The highest BCUT2D eigenvalue weighted by Crippen LogP contribution is 2.31. The number of aryl methyl sites for hydroxylation is 1. The van der Waals surface area contributed by atoms with Crippen molar-refractivity contribution in [3.63, 3.8) is 0 Å². The topological polar surface area (TPSA) is 85.3 Å². The zero-order valence-electron chi connectivity index (χ0n) is 15.8. The van der Waals surface area contributed by atoms with Crippen LogP contribution in [0.1, 0.15) is 22.0 Å². The summed E-state index contributed by atoms with van der Waals surface area (Å²) in [6.45, 7) is 1.83. The Bertz CT molecular complexity index is 1150. The minimum atomic E-state index is -0.280. The molecular weight excluding hydrogens is 392 g/mol. The van der Waals surface area contributed by atoms with Gasteiger partial charge in [0, 0.05) is 18.2 Å². The maximum Gasteiger partial charge on any atom is 0.259 e. The van der Waals surface area contributed by atoms with Crippen molar-refractivity contribution in [2.24, 2.45) is 0 Å². The van der Waals surface area contributed by atoms with Gasteiger partial charge in [0.1, 0.15) is 17.0 Å². The smallest absolute Gasteiger partial charge is 0.259 e. The molecule has 2 aromatic carbocycles. The van der Waals surface area contributed by atoms with E-state index in [0.717, 1.165) is 5.56 Å². The summed E-state index contributed by atoms with van der Waals surface area (Å²) in [5, 5.41) is 12.6. The van der Waals surface area contributed by atoms with Gasteiger partial charge in [0.05, 0.1) is 11.6 Å². The molecular formula is C21H17ClN4O3. The van der Waals surface area contributed by atoms with E-state index in [9.17, 15) is 4.79 Å². The average Bonchev–Trinajstić information content (AvgIpc) is 3.35. The van der Waals surface area contributed by atoms with E-state index in [-0.39, 0.29) is 12.5 Å². The Morgan fingerprint density at radius 2 is 1.79 bits per heavy atom. The Hall–Kier alpha value is -3.45. The fraction of sp³-hybridized carbons (Fsp3) is 0.143. The van der Waals surface area contributed by atoms with Gasteiger partial charge < -0.3 is 13.8 Å². The van der Waals surface area contributed by atoms with Crippen molar-refractivity contribution in [1.82, 2.24) is 20.3 Å². The van der Waals surface area contributed by atoms with Crippen molar-refractivity contribution in [3.05, 3.63) is 76.8 Å². The van der Waals surface area contributed by atoms with Crippen molar-refractivity contribution in [3.8, 4) is 22.7 Å². The van der Waals surface area contributed by atoms with Crippen molar-refractivity contribution in [2.75, 3.05) is 7.05 Å². The largest absolute Gasteiger partial charge is 0.419 e. The molecule has 2 aromatic heterocycles. The zero-order valence-corrected chi connectivity index (χ0v) is 16.6. The molecule has 0 aliphatic carbocycles. The fourth-order valence-corrected chi connectivity index (χ4v) is 3.17. The fourth-order valence-electron chi connectivity index (χ4n) is 2.94. The molecule has 0 saturated carbocycles. The second-order valence-corrected chi connectivity index (χ2v) is 6.88. The second-order valence-electron chi connectivity index (χ2n) is 6.47. The Labute approximate surface area is 171 Å². The van der Waals surface area contributed by atoms with Gasteiger partial charge in [0.2, 0.25) is 11.8 Å². The van der Waals surface area contributed by atoms with Crippen LogP contribution in [0.25, 0.3) is 22.7 Å². The molecule has 29 heavy (non-hydrogen) atoms. The van der Waals surface area contributed by atoms with Gasteiger partial charge in [0.15, 0.2) is 0 Å². The van der Waals surface area contributed by atoms with E-state index in [4.69, 9.17) is 20.5 Å². The Morgan fingerprint density at radius 1 is 1.07 bits per heavy atom. The van der Waals surface area contributed by atoms with Gasteiger partial charge in [0.25, 0.3) is 5.91 Å². The van der Waals surface area contributed by atoms with E-state index in [1.165, 1.54) is 4.90 Å². The van der Waals surface area contributed by atoms with Crippen LogP contribution in [0.5, 0.6) is 0 Å². The number of hydrogen-bond acceptors (Lipinski definition) is 6. The maximum absolute atomic E-state index is 13.1. The summed E-state index contributed by atoms with van der Waals surface area (Å²) in [6, 6.07) is 16.6. The number of benzene rings is 2. The van der Waals surface area contributed by atoms with Crippen LogP contribution >= 0.6 is 11.6 Å². The highest BCUT2D eigenvalue weighted by Gasteiger charge is 2.26. The first-order chi connectivity index (χ1) is 14.0.